The van der Waals surface area contributed by atoms with Gasteiger partial charge in [-0.2, -0.15) is 0 Å². The molecule has 0 aromatic rings. The quantitative estimate of drug-likeness (QED) is 0.671. The standard InChI is InChI=1S/C12H26N2O2/c1-11-5-4-6-12(2)14(11)13-7-8-16-10-9-15-3/h11-13H,4-10H2,1-3H3. The molecule has 96 valence electrons. The van der Waals surface area contributed by atoms with Gasteiger partial charge in [-0.3, -0.25) is 5.43 Å². The highest BCUT2D eigenvalue weighted by Gasteiger charge is 2.23. The van der Waals surface area contributed by atoms with Crippen LogP contribution in [0.2, 0.25) is 0 Å². The number of rotatable bonds is 7. The van der Waals surface area contributed by atoms with Crippen LogP contribution in [0.1, 0.15) is 33.1 Å². The molecule has 4 heteroatoms. The van der Waals surface area contributed by atoms with Crippen LogP contribution in [0, 0.1) is 0 Å². The van der Waals surface area contributed by atoms with Crippen molar-refractivity contribution in [3.05, 3.63) is 0 Å². The number of piperidine rings is 1. The molecular formula is C12H26N2O2. The molecular weight excluding hydrogens is 204 g/mol. The van der Waals surface area contributed by atoms with Gasteiger partial charge in [0.2, 0.25) is 0 Å². The van der Waals surface area contributed by atoms with E-state index in [0.29, 0.717) is 25.3 Å². The largest absolute Gasteiger partial charge is 0.382 e. The molecule has 1 heterocycles. The van der Waals surface area contributed by atoms with Gasteiger partial charge in [-0.1, -0.05) is 6.42 Å². The Morgan fingerprint density at radius 1 is 1.12 bits per heavy atom. The van der Waals surface area contributed by atoms with Gasteiger partial charge in [-0.25, -0.2) is 5.01 Å². The summed E-state index contributed by atoms with van der Waals surface area (Å²) in [5.41, 5.74) is 3.47. The minimum atomic E-state index is 0.641. The van der Waals surface area contributed by atoms with Crippen LogP contribution in [0.5, 0.6) is 0 Å². The summed E-state index contributed by atoms with van der Waals surface area (Å²) in [7, 11) is 1.69. The maximum atomic E-state index is 5.42. The first-order valence-electron chi connectivity index (χ1n) is 6.34. The van der Waals surface area contributed by atoms with E-state index in [1.807, 2.05) is 0 Å². The molecule has 0 aromatic carbocycles. The minimum Gasteiger partial charge on any atom is -0.382 e. The van der Waals surface area contributed by atoms with Gasteiger partial charge in [-0.15, -0.1) is 0 Å². The highest BCUT2D eigenvalue weighted by molar-refractivity contribution is 4.76. The smallest absolute Gasteiger partial charge is 0.0700 e. The molecule has 0 aliphatic carbocycles. The van der Waals surface area contributed by atoms with Gasteiger partial charge in [0.1, 0.15) is 0 Å². The molecule has 1 rings (SSSR count). The molecule has 2 atom stereocenters. The van der Waals surface area contributed by atoms with Crippen LogP contribution in [0.4, 0.5) is 0 Å². The number of hydrogen-bond donors (Lipinski definition) is 1. The van der Waals surface area contributed by atoms with Gasteiger partial charge in [0.15, 0.2) is 0 Å². The minimum absolute atomic E-state index is 0.641. The van der Waals surface area contributed by atoms with Crippen molar-refractivity contribution >= 4 is 0 Å². The summed E-state index contributed by atoms with van der Waals surface area (Å²) in [5, 5.41) is 2.38. The van der Waals surface area contributed by atoms with Crippen molar-refractivity contribution in [2.45, 2.75) is 45.2 Å². The molecule has 0 spiro atoms. The monoisotopic (exact) mass is 230 g/mol. The lowest BCUT2D eigenvalue weighted by Crippen LogP contribution is -2.52. The molecule has 0 radical (unpaired) electrons. The van der Waals surface area contributed by atoms with Crippen molar-refractivity contribution in [2.24, 2.45) is 0 Å². The Morgan fingerprint density at radius 3 is 2.44 bits per heavy atom. The highest BCUT2D eigenvalue weighted by Crippen LogP contribution is 2.19. The first-order valence-corrected chi connectivity index (χ1v) is 6.34. The molecule has 0 aromatic heterocycles. The zero-order chi connectivity index (χ0) is 11.8. The Labute approximate surface area is 99.3 Å². The Hall–Kier alpha value is -0.160. The predicted molar refractivity (Wildman–Crippen MR) is 65.3 cm³/mol. The zero-order valence-corrected chi connectivity index (χ0v) is 10.9. The van der Waals surface area contributed by atoms with Crippen molar-refractivity contribution < 1.29 is 9.47 Å². The van der Waals surface area contributed by atoms with Gasteiger partial charge in [0, 0.05) is 25.7 Å². The lowest BCUT2D eigenvalue weighted by atomic mass is 10.00. The fourth-order valence-electron chi connectivity index (χ4n) is 2.22. The molecule has 1 aliphatic heterocycles. The van der Waals surface area contributed by atoms with E-state index in [9.17, 15) is 0 Å². The van der Waals surface area contributed by atoms with Crippen LogP contribution < -0.4 is 5.43 Å². The SMILES string of the molecule is COCCOCCNN1C(C)CCCC1C. The third-order valence-electron chi connectivity index (χ3n) is 3.17. The Morgan fingerprint density at radius 2 is 1.81 bits per heavy atom. The number of ether oxygens (including phenoxy) is 2. The summed E-state index contributed by atoms with van der Waals surface area (Å²) in [6, 6.07) is 1.28. The Bertz CT molecular complexity index is 168. The van der Waals surface area contributed by atoms with Gasteiger partial charge in [0.05, 0.1) is 19.8 Å². The van der Waals surface area contributed by atoms with Crippen molar-refractivity contribution in [1.82, 2.24) is 10.4 Å². The lowest BCUT2D eigenvalue weighted by Gasteiger charge is -2.39. The molecule has 0 saturated carbocycles. The summed E-state index contributed by atoms with van der Waals surface area (Å²) >= 11 is 0. The summed E-state index contributed by atoms with van der Waals surface area (Å²) in [5.74, 6) is 0. The van der Waals surface area contributed by atoms with Crippen LogP contribution in [0.15, 0.2) is 0 Å². The zero-order valence-electron chi connectivity index (χ0n) is 10.9. The topological polar surface area (TPSA) is 33.7 Å². The van der Waals surface area contributed by atoms with E-state index in [0.717, 1.165) is 13.2 Å². The normalized spacial score (nSPS) is 27.2. The fraction of sp³-hybridized carbons (Fsp3) is 1.00. The van der Waals surface area contributed by atoms with E-state index in [1.165, 1.54) is 19.3 Å². The first kappa shape index (κ1) is 13.9. The van der Waals surface area contributed by atoms with E-state index < -0.39 is 0 Å². The second kappa shape index (κ2) is 8.01. The third-order valence-corrected chi connectivity index (χ3v) is 3.17. The number of hydrazine groups is 1. The Balaban J connectivity index is 2.06. The third kappa shape index (κ3) is 4.78. The van der Waals surface area contributed by atoms with Gasteiger partial charge in [-0.05, 0) is 26.7 Å². The second-order valence-corrected chi connectivity index (χ2v) is 4.55. The molecule has 2 unspecified atom stereocenters. The number of hydrogen-bond acceptors (Lipinski definition) is 4. The highest BCUT2D eigenvalue weighted by atomic mass is 16.5. The van der Waals surface area contributed by atoms with Gasteiger partial charge >= 0.3 is 0 Å². The lowest BCUT2D eigenvalue weighted by molar-refractivity contribution is 0.0228. The second-order valence-electron chi connectivity index (χ2n) is 4.55. The van der Waals surface area contributed by atoms with E-state index in [-0.39, 0.29) is 0 Å². The number of nitrogens with one attached hydrogen (secondary N) is 1. The fourth-order valence-corrected chi connectivity index (χ4v) is 2.22. The molecule has 16 heavy (non-hydrogen) atoms. The maximum Gasteiger partial charge on any atom is 0.0700 e. The van der Waals surface area contributed by atoms with Crippen molar-refractivity contribution in [3.63, 3.8) is 0 Å². The van der Waals surface area contributed by atoms with Crippen LogP contribution in [0.3, 0.4) is 0 Å². The first-order chi connectivity index (χ1) is 7.75. The molecule has 1 N–H and O–H groups in total. The summed E-state index contributed by atoms with van der Waals surface area (Å²) in [6.07, 6.45) is 3.94. The molecule has 1 saturated heterocycles. The van der Waals surface area contributed by atoms with Crippen LogP contribution in [-0.2, 0) is 9.47 Å². The molecule has 4 nitrogen and oxygen atoms in total. The summed E-state index contributed by atoms with van der Waals surface area (Å²) < 4.78 is 10.3. The molecule has 0 bridgehead atoms. The van der Waals surface area contributed by atoms with E-state index in [4.69, 9.17) is 9.47 Å². The average Bonchev–Trinajstić information content (AvgIpc) is 2.26. The van der Waals surface area contributed by atoms with Gasteiger partial charge < -0.3 is 9.47 Å². The molecule has 1 fully saturated rings. The van der Waals surface area contributed by atoms with E-state index in [1.54, 1.807) is 7.11 Å². The van der Waals surface area contributed by atoms with E-state index >= 15 is 0 Å². The van der Waals surface area contributed by atoms with Crippen molar-refractivity contribution in [2.75, 3.05) is 33.5 Å². The summed E-state index contributed by atoms with van der Waals surface area (Å²) in [4.78, 5) is 0. The number of methoxy groups -OCH3 is 1. The molecule has 0 amide bonds. The van der Waals surface area contributed by atoms with E-state index in [2.05, 4.69) is 24.3 Å². The van der Waals surface area contributed by atoms with Gasteiger partial charge in [0.25, 0.3) is 0 Å². The van der Waals surface area contributed by atoms with Crippen molar-refractivity contribution in [1.29, 1.82) is 0 Å². The number of nitrogens with zero attached hydrogens (tertiary/aromatic N) is 1. The Kier molecular flexibility index (Phi) is 6.96. The van der Waals surface area contributed by atoms with Crippen LogP contribution >= 0.6 is 0 Å². The van der Waals surface area contributed by atoms with Crippen molar-refractivity contribution in [3.8, 4) is 0 Å². The van der Waals surface area contributed by atoms with Crippen LogP contribution in [-0.4, -0.2) is 50.6 Å². The van der Waals surface area contributed by atoms with Crippen LogP contribution in [0.25, 0.3) is 0 Å². The molecule has 1 aliphatic rings. The summed E-state index contributed by atoms with van der Waals surface area (Å²) in [6.45, 7) is 7.57. The predicted octanol–water partition coefficient (Wildman–Crippen LogP) is 1.42. The maximum absolute atomic E-state index is 5.42. The average molecular weight is 230 g/mol.